The molecule has 2 aromatic rings. The number of Topliss-reactive ketones (excluding diaryl/α,β-unsaturated/α-hetero) is 1. The Morgan fingerprint density at radius 3 is 2.53 bits per heavy atom. The first-order valence-corrected chi connectivity index (χ1v) is 5.93. The molecule has 0 bridgehead atoms. The highest BCUT2D eigenvalue weighted by molar-refractivity contribution is 6.42. The number of rotatable bonds is 3. The number of benzene rings is 1. The Morgan fingerprint density at radius 1 is 1.12 bits per heavy atom. The number of ketones is 1. The summed E-state index contributed by atoms with van der Waals surface area (Å²) >= 11 is 17.4. The first-order valence-electron chi connectivity index (χ1n) is 4.79. The molecule has 0 radical (unpaired) electrons. The maximum Gasteiger partial charge on any atom is 0.202 e. The van der Waals surface area contributed by atoms with Gasteiger partial charge in [0.2, 0.25) is 5.78 Å². The normalized spacial score (nSPS) is 10.5. The fraction of sp³-hybridized carbons (Fsp3) is 0.0833. The predicted octanol–water partition coefficient (Wildman–Crippen LogP) is 4.67. The molecule has 0 saturated heterocycles. The Balaban J connectivity index is 2.21. The van der Waals surface area contributed by atoms with Crippen LogP contribution in [0.15, 0.2) is 34.7 Å². The summed E-state index contributed by atoms with van der Waals surface area (Å²) in [5, 5.41) is 1.00. The molecule has 0 aliphatic carbocycles. The summed E-state index contributed by atoms with van der Waals surface area (Å²) < 4.78 is 5.03. The lowest BCUT2D eigenvalue weighted by Gasteiger charge is -2.03. The fourth-order valence-corrected chi connectivity index (χ4v) is 1.94. The molecular weight excluding hydrogens is 282 g/mol. The van der Waals surface area contributed by atoms with Gasteiger partial charge in [0.15, 0.2) is 11.0 Å². The lowest BCUT2D eigenvalue weighted by molar-refractivity contribution is 0.0966. The van der Waals surface area contributed by atoms with Crippen molar-refractivity contribution in [2.45, 2.75) is 6.42 Å². The van der Waals surface area contributed by atoms with E-state index >= 15 is 0 Å². The van der Waals surface area contributed by atoms with Crippen molar-refractivity contribution in [1.29, 1.82) is 0 Å². The zero-order valence-electron chi connectivity index (χ0n) is 8.54. The van der Waals surface area contributed by atoms with Crippen LogP contribution in [-0.2, 0) is 6.42 Å². The quantitative estimate of drug-likeness (QED) is 0.769. The lowest BCUT2D eigenvalue weighted by Crippen LogP contribution is -2.02. The third kappa shape index (κ3) is 2.83. The number of carbonyl (C=O) groups excluding carboxylic acids is 1. The molecule has 2 nitrogen and oxygen atoms in total. The molecule has 0 fully saturated rings. The maximum atomic E-state index is 11.8. The van der Waals surface area contributed by atoms with Gasteiger partial charge in [0.25, 0.3) is 0 Å². The number of carbonyl (C=O) groups is 1. The molecule has 0 atom stereocenters. The molecule has 17 heavy (non-hydrogen) atoms. The summed E-state index contributed by atoms with van der Waals surface area (Å²) in [7, 11) is 0. The molecule has 0 amide bonds. The first-order chi connectivity index (χ1) is 8.08. The zero-order chi connectivity index (χ0) is 12.4. The lowest BCUT2D eigenvalue weighted by atomic mass is 10.1. The van der Waals surface area contributed by atoms with E-state index in [0.717, 1.165) is 0 Å². The van der Waals surface area contributed by atoms with Crippen LogP contribution in [0, 0.1) is 0 Å². The number of hydrogen-bond donors (Lipinski definition) is 0. The van der Waals surface area contributed by atoms with Gasteiger partial charge < -0.3 is 4.42 Å². The molecule has 1 heterocycles. The maximum absolute atomic E-state index is 11.8. The summed E-state index contributed by atoms with van der Waals surface area (Å²) in [6.45, 7) is 0. The van der Waals surface area contributed by atoms with Crippen LogP contribution in [0.25, 0.3) is 0 Å². The number of halogens is 3. The molecular formula is C12H7Cl3O2. The van der Waals surface area contributed by atoms with Crippen molar-refractivity contribution in [1.82, 2.24) is 0 Å². The van der Waals surface area contributed by atoms with Crippen LogP contribution in [0.4, 0.5) is 0 Å². The molecule has 0 aliphatic heterocycles. The molecule has 88 valence electrons. The van der Waals surface area contributed by atoms with Gasteiger partial charge >= 0.3 is 0 Å². The van der Waals surface area contributed by atoms with Crippen LogP contribution in [0.1, 0.15) is 16.1 Å². The molecule has 0 spiro atoms. The van der Waals surface area contributed by atoms with E-state index in [1.807, 2.05) is 0 Å². The minimum absolute atomic E-state index is 0.128. The van der Waals surface area contributed by atoms with Crippen molar-refractivity contribution in [3.05, 3.63) is 56.9 Å². The minimum atomic E-state index is -0.193. The van der Waals surface area contributed by atoms with E-state index < -0.39 is 0 Å². The summed E-state index contributed by atoms with van der Waals surface area (Å²) in [6, 6.07) is 8.21. The van der Waals surface area contributed by atoms with Crippen molar-refractivity contribution < 1.29 is 9.21 Å². The van der Waals surface area contributed by atoms with Crippen molar-refractivity contribution >= 4 is 40.6 Å². The van der Waals surface area contributed by atoms with Crippen LogP contribution in [0.2, 0.25) is 15.3 Å². The zero-order valence-corrected chi connectivity index (χ0v) is 10.8. The average molecular weight is 290 g/mol. The largest absolute Gasteiger partial charge is 0.442 e. The third-order valence-electron chi connectivity index (χ3n) is 2.23. The molecule has 0 saturated carbocycles. The van der Waals surface area contributed by atoms with E-state index in [0.29, 0.717) is 15.6 Å². The Bertz CT molecular complexity index is 561. The van der Waals surface area contributed by atoms with Gasteiger partial charge in [0.1, 0.15) is 0 Å². The van der Waals surface area contributed by atoms with Gasteiger partial charge in [-0.1, -0.05) is 35.3 Å². The second kappa shape index (κ2) is 5.13. The topological polar surface area (TPSA) is 30.2 Å². The van der Waals surface area contributed by atoms with Crippen molar-refractivity contribution in [3.8, 4) is 0 Å². The standard InChI is InChI=1S/C12H7Cl3O2/c13-8-3-1-2-7(12(8)15)6-9(16)10-4-5-11(14)17-10/h1-5H,6H2. The van der Waals surface area contributed by atoms with Gasteiger partial charge in [-0.15, -0.1) is 0 Å². The summed E-state index contributed by atoms with van der Waals surface area (Å²) in [6.07, 6.45) is 0.128. The Hall–Kier alpha value is -0.960. The molecule has 0 aliphatic rings. The second-order valence-electron chi connectivity index (χ2n) is 3.42. The van der Waals surface area contributed by atoms with Gasteiger partial charge in [-0.3, -0.25) is 4.79 Å². The third-order valence-corrected chi connectivity index (χ3v) is 3.29. The Labute approximate surface area is 113 Å². The monoisotopic (exact) mass is 288 g/mol. The number of furan rings is 1. The van der Waals surface area contributed by atoms with E-state index in [9.17, 15) is 4.79 Å². The van der Waals surface area contributed by atoms with Crippen LogP contribution < -0.4 is 0 Å². The van der Waals surface area contributed by atoms with Crippen LogP contribution in [-0.4, -0.2) is 5.78 Å². The van der Waals surface area contributed by atoms with Gasteiger partial charge in [-0.2, -0.15) is 0 Å². The molecule has 2 rings (SSSR count). The summed E-state index contributed by atoms with van der Waals surface area (Å²) in [5.41, 5.74) is 0.664. The summed E-state index contributed by atoms with van der Waals surface area (Å²) in [4.78, 5) is 11.8. The molecule has 5 heteroatoms. The molecule has 0 N–H and O–H groups in total. The van der Waals surface area contributed by atoms with Gasteiger partial charge in [0, 0.05) is 6.42 Å². The minimum Gasteiger partial charge on any atom is -0.442 e. The highest BCUT2D eigenvalue weighted by atomic mass is 35.5. The highest BCUT2D eigenvalue weighted by Crippen LogP contribution is 2.26. The van der Waals surface area contributed by atoms with Gasteiger partial charge in [-0.05, 0) is 35.4 Å². The molecule has 0 unspecified atom stereocenters. The molecule has 1 aromatic carbocycles. The Morgan fingerprint density at radius 2 is 1.88 bits per heavy atom. The summed E-state index contributed by atoms with van der Waals surface area (Å²) in [5.74, 6) is 0.0205. The highest BCUT2D eigenvalue weighted by Gasteiger charge is 2.14. The SMILES string of the molecule is O=C(Cc1cccc(Cl)c1Cl)c1ccc(Cl)o1. The molecule has 1 aromatic heterocycles. The smallest absolute Gasteiger partial charge is 0.202 e. The van der Waals surface area contributed by atoms with E-state index in [1.165, 1.54) is 12.1 Å². The van der Waals surface area contributed by atoms with Gasteiger partial charge in [-0.25, -0.2) is 0 Å². The first kappa shape index (κ1) is 12.5. The predicted molar refractivity (Wildman–Crippen MR) is 68.2 cm³/mol. The average Bonchev–Trinajstić information content (AvgIpc) is 2.72. The van der Waals surface area contributed by atoms with Crippen molar-refractivity contribution in [2.24, 2.45) is 0 Å². The van der Waals surface area contributed by atoms with E-state index in [2.05, 4.69) is 0 Å². The number of hydrogen-bond acceptors (Lipinski definition) is 2. The second-order valence-corrected chi connectivity index (χ2v) is 4.57. The Kier molecular flexibility index (Phi) is 3.77. The van der Waals surface area contributed by atoms with E-state index in [-0.39, 0.29) is 23.2 Å². The van der Waals surface area contributed by atoms with Crippen LogP contribution >= 0.6 is 34.8 Å². The van der Waals surface area contributed by atoms with Gasteiger partial charge in [0.05, 0.1) is 10.0 Å². The van der Waals surface area contributed by atoms with Crippen molar-refractivity contribution in [2.75, 3.05) is 0 Å². The fourth-order valence-electron chi connectivity index (χ4n) is 1.41. The van der Waals surface area contributed by atoms with Crippen LogP contribution in [0.5, 0.6) is 0 Å². The van der Waals surface area contributed by atoms with Crippen molar-refractivity contribution in [3.63, 3.8) is 0 Å². The van der Waals surface area contributed by atoms with E-state index in [4.69, 9.17) is 39.2 Å². The van der Waals surface area contributed by atoms with Crippen LogP contribution in [0.3, 0.4) is 0 Å². The van der Waals surface area contributed by atoms with E-state index in [1.54, 1.807) is 18.2 Å².